The van der Waals surface area contributed by atoms with Gasteiger partial charge >= 0.3 is 0 Å². The van der Waals surface area contributed by atoms with Crippen molar-refractivity contribution in [3.63, 3.8) is 0 Å². The number of hydrogen-bond donors (Lipinski definition) is 1. The summed E-state index contributed by atoms with van der Waals surface area (Å²) in [6, 6.07) is 3.55. The minimum absolute atomic E-state index is 0. The summed E-state index contributed by atoms with van der Waals surface area (Å²) in [7, 11) is 0. The summed E-state index contributed by atoms with van der Waals surface area (Å²) in [6.07, 6.45) is 2.01. The largest absolute Gasteiger partial charge is 0.320 e. The van der Waals surface area contributed by atoms with E-state index in [1.807, 2.05) is 6.07 Å². The molecule has 1 aliphatic rings. The summed E-state index contributed by atoms with van der Waals surface area (Å²) in [6.45, 7) is 0. The van der Waals surface area contributed by atoms with Crippen molar-refractivity contribution >= 4 is 24.0 Å². The molecule has 2 N–H and O–H groups in total. The molecule has 3 nitrogen and oxygen atoms in total. The molecular weight excluding hydrogens is 197 g/mol. The molecule has 0 amide bonds. The number of aromatic nitrogens is 2. The Kier molecular flexibility index (Phi) is 2.56. The Morgan fingerprint density at radius 1 is 1.33 bits per heavy atom. The first kappa shape index (κ1) is 9.71. The highest BCUT2D eigenvalue weighted by atomic mass is 35.5. The number of nitrogens with zero attached hydrogens (tertiary/aromatic N) is 2. The Labute approximate surface area is 81.7 Å². The van der Waals surface area contributed by atoms with E-state index >= 15 is 0 Å². The van der Waals surface area contributed by atoms with Gasteiger partial charge in [-0.1, -0.05) is 11.6 Å². The zero-order valence-electron chi connectivity index (χ0n) is 6.33. The van der Waals surface area contributed by atoms with Gasteiger partial charge in [0.05, 0.1) is 11.2 Å². The van der Waals surface area contributed by atoms with Gasteiger partial charge in [0.15, 0.2) is 5.15 Å². The van der Waals surface area contributed by atoms with Crippen molar-refractivity contribution in [2.45, 2.75) is 18.4 Å². The highest BCUT2D eigenvalue weighted by Gasteiger charge is 2.41. The van der Waals surface area contributed by atoms with Crippen LogP contribution in [0.2, 0.25) is 5.15 Å². The molecule has 1 aromatic heterocycles. The molecule has 12 heavy (non-hydrogen) atoms. The first-order valence-corrected chi connectivity index (χ1v) is 3.87. The van der Waals surface area contributed by atoms with Gasteiger partial charge in [0.2, 0.25) is 0 Å². The topological polar surface area (TPSA) is 51.8 Å². The molecule has 66 valence electrons. The van der Waals surface area contributed by atoms with Crippen molar-refractivity contribution in [1.29, 1.82) is 0 Å². The van der Waals surface area contributed by atoms with E-state index < -0.39 is 0 Å². The van der Waals surface area contributed by atoms with Gasteiger partial charge in [-0.15, -0.1) is 17.5 Å². The summed E-state index contributed by atoms with van der Waals surface area (Å²) >= 11 is 5.57. The van der Waals surface area contributed by atoms with Crippen molar-refractivity contribution in [3.8, 4) is 0 Å². The molecular formula is C7H9Cl2N3. The van der Waals surface area contributed by atoms with E-state index in [0.717, 1.165) is 18.5 Å². The van der Waals surface area contributed by atoms with E-state index in [0.29, 0.717) is 5.15 Å². The monoisotopic (exact) mass is 205 g/mol. The smallest absolute Gasteiger partial charge is 0.151 e. The fourth-order valence-corrected chi connectivity index (χ4v) is 1.07. The summed E-state index contributed by atoms with van der Waals surface area (Å²) in [4.78, 5) is 0. The summed E-state index contributed by atoms with van der Waals surface area (Å²) in [5.74, 6) is 0. The molecule has 0 bridgehead atoms. The Morgan fingerprint density at radius 3 is 2.42 bits per heavy atom. The van der Waals surface area contributed by atoms with Gasteiger partial charge in [-0.3, -0.25) is 0 Å². The van der Waals surface area contributed by atoms with Crippen LogP contribution < -0.4 is 5.73 Å². The second-order valence-corrected chi connectivity index (χ2v) is 3.28. The summed E-state index contributed by atoms with van der Waals surface area (Å²) in [5, 5.41) is 8.04. The number of halogens is 2. The van der Waals surface area contributed by atoms with Crippen LogP contribution in [0.1, 0.15) is 18.5 Å². The molecule has 0 spiro atoms. The third kappa shape index (κ3) is 1.68. The van der Waals surface area contributed by atoms with Crippen molar-refractivity contribution in [1.82, 2.24) is 10.2 Å². The second kappa shape index (κ2) is 3.17. The lowest BCUT2D eigenvalue weighted by Crippen LogP contribution is -2.20. The number of hydrogen-bond acceptors (Lipinski definition) is 3. The average Bonchev–Trinajstić information content (AvgIpc) is 2.70. The Balaban J connectivity index is 0.000000720. The molecule has 1 aromatic rings. The summed E-state index contributed by atoms with van der Waals surface area (Å²) < 4.78 is 0. The first-order valence-electron chi connectivity index (χ1n) is 3.49. The Hall–Kier alpha value is -0.380. The molecule has 0 unspecified atom stereocenters. The van der Waals surface area contributed by atoms with Crippen LogP contribution in [-0.4, -0.2) is 10.2 Å². The van der Waals surface area contributed by atoms with Crippen LogP contribution in [0.15, 0.2) is 12.1 Å². The van der Waals surface area contributed by atoms with E-state index in [1.54, 1.807) is 6.07 Å². The van der Waals surface area contributed by atoms with Crippen LogP contribution in [0.3, 0.4) is 0 Å². The van der Waals surface area contributed by atoms with Crippen LogP contribution in [0.5, 0.6) is 0 Å². The van der Waals surface area contributed by atoms with Crippen molar-refractivity contribution in [3.05, 3.63) is 23.0 Å². The predicted octanol–water partition coefficient (Wildman–Crippen LogP) is 1.50. The van der Waals surface area contributed by atoms with Crippen LogP contribution >= 0.6 is 24.0 Å². The first-order chi connectivity index (χ1) is 5.21. The van der Waals surface area contributed by atoms with Gasteiger partial charge in [-0.2, -0.15) is 5.10 Å². The van der Waals surface area contributed by atoms with E-state index in [1.165, 1.54) is 0 Å². The van der Waals surface area contributed by atoms with Gasteiger partial charge in [-0.05, 0) is 25.0 Å². The molecule has 0 radical (unpaired) electrons. The maximum absolute atomic E-state index is 5.87. The van der Waals surface area contributed by atoms with Gasteiger partial charge in [0.25, 0.3) is 0 Å². The highest BCUT2D eigenvalue weighted by Crippen LogP contribution is 2.41. The molecule has 2 rings (SSSR count). The maximum Gasteiger partial charge on any atom is 0.151 e. The molecule has 0 aliphatic heterocycles. The molecule has 1 aliphatic carbocycles. The Bertz CT molecular complexity index is 268. The minimum Gasteiger partial charge on any atom is -0.320 e. The van der Waals surface area contributed by atoms with Crippen molar-refractivity contribution < 1.29 is 0 Å². The predicted molar refractivity (Wildman–Crippen MR) is 49.4 cm³/mol. The molecule has 0 atom stereocenters. The van der Waals surface area contributed by atoms with Crippen LogP contribution in [-0.2, 0) is 5.54 Å². The van der Waals surface area contributed by atoms with E-state index in [2.05, 4.69) is 10.2 Å². The lowest BCUT2D eigenvalue weighted by Gasteiger charge is -2.04. The molecule has 0 saturated heterocycles. The van der Waals surface area contributed by atoms with Gasteiger partial charge in [0, 0.05) is 0 Å². The average molecular weight is 206 g/mol. The van der Waals surface area contributed by atoms with Crippen molar-refractivity contribution in [2.24, 2.45) is 5.73 Å². The third-order valence-corrected chi connectivity index (χ3v) is 2.13. The lowest BCUT2D eigenvalue weighted by atomic mass is 10.2. The normalized spacial score (nSPS) is 18.2. The second-order valence-electron chi connectivity index (χ2n) is 2.90. The lowest BCUT2D eigenvalue weighted by molar-refractivity contribution is 0.687. The number of nitrogens with two attached hydrogens (primary N) is 1. The fraction of sp³-hybridized carbons (Fsp3) is 0.429. The minimum atomic E-state index is -0.197. The van der Waals surface area contributed by atoms with Crippen LogP contribution in [0, 0.1) is 0 Å². The van der Waals surface area contributed by atoms with Crippen LogP contribution in [0.4, 0.5) is 0 Å². The fourth-order valence-electron chi connectivity index (χ4n) is 0.972. The molecule has 1 saturated carbocycles. The SMILES string of the molecule is Cl.NC1(c2ccc(Cl)nn2)CC1. The molecule has 5 heteroatoms. The highest BCUT2D eigenvalue weighted by molar-refractivity contribution is 6.29. The van der Waals surface area contributed by atoms with Gasteiger partial charge in [0.1, 0.15) is 0 Å². The maximum atomic E-state index is 5.87. The van der Waals surface area contributed by atoms with Crippen molar-refractivity contribution in [2.75, 3.05) is 0 Å². The quantitative estimate of drug-likeness (QED) is 0.757. The van der Waals surface area contributed by atoms with E-state index in [-0.39, 0.29) is 17.9 Å². The van der Waals surface area contributed by atoms with Crippen LogP contribution in [0.25, 0.3) is 0 Å². The third-order valence-electron chi connectivity index (χ3n) is 1.93. The summed E-state index contributed by atoms with van der Waals surface area (Å²) in [5.41, 5.74) is 6.52. The van der Waals surface area contributed by atoms with Gasteiger partial charge in [-0.25, -0.2) is 0 Å². The zero-order valence-corrected chi connectivity index (χ0v) is 7.90. The molecule has 1 fully saturated rings. The Morgan fingerprint density at radius 2 is 2.00 bits per heavy atom. The molecule has 1 heterocycles. The van der Waals surface area contributed by atoms with Gasteiger partial charge < -0.3 is 5.73 Å². The molecule has 0 aromatic carbocycles. The van der Waals surface area contributed by atoms with E-state index in [4.69, 9.17) is 17.3 Å². The zero-order chi connectivity index (χ0) is 7.90. The van der Waals surface area contributed by atoms with E-state index in [9.17, 15) is 0 Å². The number of rotatable bonds is 1. The standard InChI is InChI=1S/C7H8ClN3.ClH/c8-6-2-1-5(10-11-6)7(9)3-4-7;/h1-2H,3-4,9H2;1H.